The average molecular weight is 190 g/mol. The molecule has 1 atom stereocenters. The Morgan fingerprint density at radius 1 is 1.43 bits per heavy atom. The summed E-state index contributed by atoms with van der Waals surface area (Å²) in [5.74, 6) is 0. The number of hydrogen-bond acceptors (Lipinski definition) is 3. The van der Waals surface area contributed by atoms with Crippen LogP contribution in [0.15, 0.2) is 24.3 Å². The van der Waals surface area contributed by atoms with Crippen molar-refractivity contribution in [1.82, 2.24) is 0 Å². The zero-order valence-electron chi connectivity index (χ0n) is 8.20. The van der Waals surface area contributed by atoms with E-state index < -0.39 is 0 Å². The van der Waals surface area contributed by atoms with Gasteiger partial charge in [0.15, 0.2) is 0 Å². The minimum atomic E-state index is -0.353. The van der Waals surface area contributed by atoms with Crippen molar-refractivity contribution in [2.24, 2.45) is 0 Å². The Morgan fingerprint density at radius 2 is 2.07 bits per heavy atom. The number of anilines is 1. The van der Waals surface area contributed by atoms with E-state index in [1.807, 2.05) is 24.3 Å². The fourth-order valence-corrected chi connectivity index (χ4v) is 1.10. The van der Waals surface area contributed by atoms with Crippen LogP contribution in [0.2, 0.25) is 0 Å². The van der Waals surface area contributed by atoms with Gasteiger partial charge in [0.1, 0.15) is 0 Å². The van der Waals surface area contributed by atoms with Gasteiger partial charge in [-0.3, -0.25) is 0 Å². The van der Waals surface area contributed by atoms with E-state index in [1.54, 1.807) is 6.92 Å². The highest BCUT2D eigenvalue weighted by molar-refractivity contribution is 5.45. The van der Waals surface area contributed by atoms with Crippen LogP contribution in [0.4, 0.5) is 5.69 Å². The third-order valence-electron chi connectivity index (χ3n) is 1.84. The molecule has 0 heterocycles. The second-order valence-electron chi connectivity index (χ2n) is 3.26. The van der Waals surface area contributed by atoms with E-state index in [9.17, 15) is 0 Å². The quantitative estimate of drug-likeness (QED) is 0.757. The molecule has 0 spiro atoms. The van der Waals surface area contributed by atoms with E-state index >= 15 is 0 Å². The molecule has 0 aliphatic carbocycles. The van der Waals surface area contributed by atoms with Gasteiger partial charge in [0.25, 0.3) is 0 Å². The number of nitrogens with one attached hydrogen (secondary N) is 1. The molecule has 14 heavy (non-hydrogen) atoms. The maximum atomic E-state index is 9.05. The van der Waals surface area contributed by atoms with Crippen LogP contribution in [-0.4, -0.2) is 17.8 Å². The van der Waals surface area contributed by atoms with Crippen LogP contribution in [0, 0.1) is 11.3 Å². The standard InChI is InChI=1S/C11H14N2O/c1-9(14)8-13-11-4-2-10(3-5-11)6-7-12/h2-5,9,13-14H,6,8H2,1H3/t9-/m0/s1. The predicted octanol–water partition coefficient (Wildman–Crippen LogP) is 1.55. The first-order valence-corrected chi connectivity index (χ1v) is 4.60. The molecule has 3 heteroatoms. The fourth-order valence-electron chi connectivity index (χ4n) is 1.10. The molecule has 0 aliphatic rings. The molecule has 0 radical (unpaired) electrons. The fraction of sp³-hybridized carbons (Fsp3) is 0.364. The first kappa shape index (κ1) is 10.6. The summed E-state index contributed by atoms with van der Waals surface area (Å²) in [6, 6.07) is 9.74. The molecule has 1 rings (SSSR count). The summed E-state index contributed by atoms with van der Waals surface area (Å²) in [4.78, 5) is 0. The molecular weight excluding hydrogens is 176 g/mol. The van der Waals surface area contributed by atoms with Crippen LogP contribution >= 0.6 is 0 Å². The molecule has 0 amide bonds. The van der Waals surface area contributed by atoms with Gasteiger partial charge in [0.2, 0.25) is 0 Å². The Bertz CT molecular complexity index is 311. The highest BCUT2D eigenvalue weighted by Gasteiger charge is 1.96. The van der Waals surface area contributed by atoms with Crippen LogP contribution < -0.4 is 5.32 Å². The highest BCUT2D eigenvalue weighted by Crippen LogP contribution is 2.09. The van der Waals surface area contributed by atoms with Gasteiger partial charge in [-0.1, -0.05) is 12.1 Å². The number of nitrogens with zero attached hydrogens (tertiary/aromatic N) is 1. The van der Waals surface area contributed by atoms with Gasteiger partial charge in [-0.15, -0.1) is 0 Å². The van der Waals surface area contributed by atoms with Crippen molar-refractivity contribution in [2.75, 3.05) is 11.9 Å². The van der Waals surface area contributed by atoms with Gasteiger partial charge >= 0.3 is 0 Å². The van der Waals surface area contributed by atoms with Crippen molar-refractivity contribution in [3.63, 3.8) is 0 Å². The molecule has 0 saturated carbocycles. The first-order chi connectivity index (χ1) is 6.72. The molecule has 1 aromatic carbocycles. The van der Waals surface area contributed by atoms with Crippen molar-refractivity contribution in [2.45, 2.75) is 19.4 Å². The minimum absolute atomic E-state index is 0.353. The Kier molecular flexibility index (Phi) is 3.96. The van der Waals surface area contributed by atoms with Crippen LogP contribution in [0.5, 0.6) is 0 Å². The Labute approximate surface area is 84.0 Å². The van der Waals surface area contributed by atoms with Crippen molar-refractivity contribution < 1.29 is 5.11 Å². The molecule has 2 N–H and O–H groups in total. The van der Waals surface area contributed by atoms with Crippen LogP contribution in [0.25, 0.3) is 0 Å². The Hall–Kier alpha value is -1.53. The van der Waals surface area contributed by atoms with Crippen LogP contribution in [-0.2, 0) is 6.42 Å². The summed E-state index contributed by atoms with van der Waals surface area (Å²) in [6.07, 6.45) is 0.0882. The lowest BCUT2D eigenvalue weighted by molar-refractivity contribution is 0.208. The van der Waals surface area contributed by atoms with Gasteiger partial charge in [-0.2, -0.15) is 5.26 Å². The normalized spacial score (nSPS) is 11.8. The van der Waals surface area contributed by atoms with Gasteiger partial charge in [0.05, 0.1) is 18.6 Å². The molecule has 0 aromatic heterocycles. The van der Waals surface area contributed by atoms with E-state index in [1.165, 1.54) is 0 Å². The van der Waals surface area contributed by atoms with E-state index in [0.29, 0.717) is 13.0 Å². The number of aliphatic hydroxyl groups excluding tert-OH is 1. The van der Waals surface area contributed by atoms with Gasteiger partial charge in [-0.05, 0) is 24.6 Å². The molecule has 3 nitrogen and oxygen atoms in total. The molecule has 1 aromatic rings. The Morgan fingerprint density at radius 3 is 2.57 bits per heavy atom. The third-order valence-corrected chi connectivity index (χ3v) is 1.84. The molecule has 0 fully saturated rings. The highest BCUT2D eigenvalue weighted by atomic mass is 16.3. The largest absolute Gasteiger partial charge is 0.392 e. The van der Waals surface area contributed by atoms with Gasteiger partial charge in [0, 0.05) is 12.2 Å². The van der Waals surface area contributed by atoms with Crippen LogP contribution in [0.1, 0.15) is 12.5 Å². The maximum Gasteiger partial charge on any atom is 0.0684 e. The first-order valence-electron chi connectivity index (χ1n) is 4.60. The zero-order chi connectivity index (χ0) is 10.4. The topological polar surface area (TPSA) is 56.0 Å². The minimum Gasteiger partial charge on any atom is -0.392 e. The summed E-state index contributed by atoms with van der Waals surface area (Å²) in [7, 11) is 0. The van der Waals surface area contributed by atoms with E-state index in [0.717, 1.165) is 11.3 Å². The lowest BCUT2D eigenvalue weighted by Gasteiger charge is -2.08. The lowest BCUT2D eigenvalue weighted by Crippen LogP contribution is -2.15. The molecule has 0 aliphatic heterocycles. The average Bonchev–Trinajstić information content (AvgIpc) is 2.17. The molecule has 74 valence electrons. The monoisotopic (exact) mass is 190 g/mol. The van der Waals surface area contributed by atoms with E-state index in [4.69, 9.17) is 10.4 Å². The van der Waals surface area contributed by atoms with Crippen molar-refractivity contribution in [3.05, 3.63) is 29.8 Å². The van der Waals surface area contributed by atoms with E-state index in [2.05, 4.69) is 11.4 Å². The SMILES string of the molecule is C[C@H](O)CNc1ccc(CC#N)cc1. The maximum absolute atomic E-state index is 9.05. The number of hydrogen-bond donors (Lipinski definition) is 2. The molecule has 0 bridgehead atoms. The van der Waals surface area contributed by atoms with Crippen molar-refractivity contribution in [1.29, 1.82) is 5.26 Å². The molecule has 0 saturated heterocycles. The van der Waals surface area contributed by atoms with Gasteiger partial charge in [-0.25, -0.2) is 0 Å². The lowest BCUT2D eigenvalue weighted by atomic mass is 10.1. The second kappa shape index (κ2) is 5.25. The summed E-state index contributed by atoms with van der Waals surface area (Å²) in [5.41, 5.74) is 1.97. The van der Waals surface area contributed by atoms with Gasteiger partial charge < -0.3 is 10.4 Å². The van der Waals surface area contributed by atoms with E-state index in [-0.39, 0.29) is 6.10 Å². The smallest absolute Gasteiger partial charge is 0.0684 e. The predicted molar refractivity (Wildman–Crippen MR) is 55.9 cm³/mol. The zero-order valence-corrected chi connectivity index (χ0v) is 8.20. The summed E-state index contributed by atoms with van der Waals surface area (Å²) in [5, 5.41) is 20.6. The summed E-state index contributed by atoms with van der Waals surface area (Å²) >= 11 is 0. The number of rotatable bonds is 4. The van der Waals surface area contributed by atoms with Crippen molar-refractivity contribution in [3.8, 4) is 6.07 Å². The third kappa shape index (κ3) is 3.46. The summed E-state index contributed by atoms with van der Waals surface area (Å²) in [6.45, 7) is 2.27. The summed E-state index contributed by atoms with van der Waals surface area (Å²) < 4.78 is 0. The molecule has 0 unspecified atom stereocenters. The Balaban J connectivity index is 2.52. The molecular formula is C11H14N2O. The number of benzene rings is 1. The van der Waals surface area contributed by atoms with Crippen LogP contribution in [0.3, 0.4) is 0 Å². The van der Waals surface area contributed by atoms with Crippen molar-refractivity contribution >= 4 is 5.69 Å². The number of aliphatic hydroxyl groups is 1. The second-order valence-corrected chi connectivity index (χ2v) is 3.26. The number of nitriles is 1.